The third-order valence-corrected chi connectivity index (χ3v) is 3.52. The van der Waals surface area contributed by atoms with E-state index < -0.39 is 24.0 Å². The molecule has 1 aromatic heterocycles. The minimum atomic E-state index is -1.06. The van der Waals surface area contributed by atoms with E-state index in [9.17, 15) is 14.4 Å². The lowest BCUT2D eigenvalue weighted by Gasteiger charge is -2.22. The van der Waals surface area contributed by atoms with E-state index >= 15 is 0 Å². The van der Waals surface area contributed by atoms with Crippen LogP contribution in [0.15, 0.2) is 18.5 Å². The molecule has 2 atom stereocenters. The van der Waals surface area contributed by atoms with Gasteiger partial charge >= 0.3 is 5.97 Å². The van der Waals surface area contributed by atoms with E-state index in [2.05, 4.69) is 10.4 Å². The van der Waals surface area contributed by atoms with Crippen molar-refractivity contribution >= 4 is 17.8 Å². The van der Waals surface area contributed by atoms with Gasteiger partial charge in [-0.15, -0.1) is 0 Å². The summed E-state index contributed by atoms with van der Waals surface area (Å²) in [5.41, 5.74) is 0. The molecule has 0 fully saturated rings. The van der Waals surface area contributed by atoms with E-state index in [0.717, 1.165) is 6.42 Å². The molecule has 0 spiro atoms. The summed E-state index contributed by atoms with van der Waals surface area (Å²) in [5, 5.41) is 15.5. The molecule has 8 nitrogen and oxygen atoms in total. The van der Waals surface area contributed by atoms with Crippen LogP contribution in [0.4, 0.5) is 0 Å². The molecule has 8 heteroatoms. The quantitative estimate of drug-likeness (QED) is 0.694. The molecule has 1 rings (SSSR count). The molecular weight excluding hydrogens is 300 g/mol. The van der Waals surface area contributed by atoms with Gasteiger partial charge in [0.05, 0.1) is 6.54 Å². The van der Waals surface area contributed by atoms with Crippen molar-refractivity contribution in [3.63, 3.8) is 0 Å². The van der Waals surface area contributed by atoms with E-state index in [-0.39, 0.29) is 12.5 Å². The van der Waals surface area contributed by atoms with Crippen LogP contribution in [0.25, 0.3) is 0 Å². The number of rotatable bonds is 9. The Hall–Kier alpha value is -2.38. The number of carboxylic acid groups (broad SMARTS) is 1. The smallest absolute Gasteiger partial charge is 0.326 e. The van der Waals surface area contributed by atoms with Gasteiger partial charge in [0.1, 0.15) is 12.1 Å². The first-order valence-corrected chi connectivity index (χ1v) is 7.63. The molecule has 1 aromatic rings. The Labute approximate surface area is 135 Å². The Bertz CT molecular complexity index is 530. The first kappa shape index (κ1) is 18.7. The monoisotopic (exact) mass is 324 g/mol. The average molecular weight is 324 g/mol. The zero-order valence-corrected chi connectivity index (χ0v) is 13.7. The Kier molecular flexibility index (Phi) is 7.24. The van der Waals surface area contributed by atoms with Gasteiger partial charge in [-0.2, -0.15) is 5.10 Å². The van der Waals surface area contributed by atoms with E-state index in [1.54, 1.807) is 25.4 Å². The number of hydrogen-bond donors (Lipinski definition) is 2. The fourth-order valence-corrected chi connectivity index (χ4v) is 2.14. The van der Waals surface area contributed by atoms with Crippen LogP contribution < -0.4 is 5.32 Å². The molecule has 0 aromatic carbocycles. The van der Waals surface area contributed by atoms with Crippen molar-refractivity contribution in [2.24, 2.45) is 0 Å². The lowest BCUT2D eigenvalue weighted by Crippen LogP contribution is -2.46. The topological polar surface area (TPSA) is 105 Å². The van der Waals surface area contributed by atoms with Gasteiger partial charge in [-0.1, -0.05) is 19.8 Å². The Balaban J connectivity index is 2.54. The summed E-state index contributed by atoms with van der Waals surface area (Å²) in [6.07, 6.45) is 5.17. The number of aliphatic carboxylic acids is 1. The van der Waals surface area contributed by atoms with Crippen LogP contribution in [0.1, 0.15) is 39.2 Å². The third kappa shape index (κ3) is 5.72. The highest BCUT2D eigenvalue weighted by Gasteiger charge is 2.24. The van der Waals surface area contributed by atoms with Gasteiger partial charge in [0, 0.05) is 19.4 Å². The molecule has 0 saturated carbocycles. The minimum absolute atomic E-state index is 0.194. The molecule has 128 valence electrons. The number of amides is 2. The fourth-order valence-electron chi connectivity index (χ4n) is 2.14. The second-order valence-electron chi connectivity index (χ2n) is 5.46. The van der Waals surface area contributed by atoms with E-state index in [1.165, 1.54) is 16.6 Å². The van der Waals surface area contributed by atoms with Gasteiger partial charge in [0.15, 0.2) is 0 Å². The standard InChI is InChI=1S/C15H24N4O4/c1-4-5-7-12(15(22)23)17-13(20)10-18(3)14(21)11(2)19-9-6-8-16-19/h6,8-9,11-12H,4-5,7,10H2,1-3H3,(H,17,20)(H,22,23)/t11?,12-/m0/s1. The number of hydrogen-bond acceptors (Lipinski definition) is 4. The first-order chi connectivity index (χ1) is 10.9. The molecule has 0 aliphatic carbocycles. The maximum atomic E-state index is 12.2. The number of carboxylic acids is 1. The lowest BCUT2D eigenvalue weighted by atomic mass is 10.1. The van der Waals surface area contributed by atoms with E-state index in [1.807, 2.05) is 6.92 Å². The van der Waals surface area contributed by atoms with Crippen molar-refractivity contribution in [3.8, 4) is 0 Å². The predicted octanol–water partition coefficient (Wildman–Crippen LogP) is 0.662. The molecule has 0 aliphatic heterocycles. The number of carbonyl (C=O) groups excluding carboxylic acids is 2. The molecule has 2 N–H and O–H groups in total. The highest BCUT2D eigenvalue weighted by atomic mass is 16.4. The lowest BCUT2D eigenvalue weighted by molar-refractivity contribution is -0.143. The number of unbranched alkanes of at least 4 members (excludes halogenated alkanes) is 1. The molecule has 1 heterocycles. The fraction of sp³-hybridized carbons (Fsp3) is 0.600. The van der Waals surface area contributed by atoms with Crippen LogP contribution in [-0.2, 0) is 14.4 Å². The Morgan fingerprint density at radius 3 is 2.61 bits per heavy atom. The molecular formula is C15H24N4O4. The van der Waals surface area contributed by atoms with Crippen molar-refractivity contribution in [1.82, 2.24) is 20.0 Å². The van der Waals surface area contributed by atoms with Crippen molar-refractivity contribution in [1.29, 1.82) is 0 Å². The molecule has 2 amide bonds. The molecule has 0 saturated heterocycles. The van der Waals surface area contributed by atoms with Crippen molar-refractivity contribution in [2.45, 2.75) is 45.2 Å². The Morgan fingerprint density at radius 1 is 1.39 bits per heavy atom. The summed E-state index contributed by atoms with van der Waals surface area (Å²) >= 11 is 0. The zero-order chi connectivity index (χ0) is 17.4. The van der Waals surface area contributed by atoms with Crippen LogP contribution in [-0.4, -0.2) is 57.2 Å². The third-order valence-electron chi connectivity index (χ3n) is 3.52. The van der Waals surface area contributed by atoms with Crippen molar-refractivity contribution < 1.29 is 19.5 Å². The van der Waals surface area contributed by atoms with Crippen LogP contribution in [0.2, 0.25) is 0 Å². The minimum Gasteiger partial charge on any atom is -0.480 e. The number of nitrogens with one attached hydrogen (secondary N) is 1. The Morgan fingerprint density at radius 2 is 2.09 bits per heavy atom. The normalized spacial score (nSPS) is 13.2. The average Bonchev–Trinajstić information content (AvgIpc) is 3.03. The second kappa shape index (κ2) is 8.92. The van der Waals surface area contributed by atoms with Crippen molar-refractivity contribution in [2.75, 3.05) is 13.6 Å². The molecule has 0 aliphatic rings. The van der Waals surface area contributed by atoms with Gasteiger partial charge in [-0.25, -0.2) is 4.79 Å². The number of carbonyl (C=O) groups is 3. The highest BCUT2D eigenvalue weighted by molar-refractivity contribution is 5.88. The molecule has 23 heavy (non-hydrogen) atoms. The summed E-state index contributed by atoms with van der Waals surface area (Å²) < 4.78 is 1.50. The molecule has 1 unspecified atom stereocenters. The van der Waals surface area contributed by atoms with E-state index in [4.69, 9.17) is 5.11 Å². The van der Waals surface area contributed by atoms with Crippen LogP contribution >= 0.6 is 0 Å². The number of nitrogens with zero attached hydrogens (tertiary/aromatic N) is 3. The van der Waals surface area contributed by atoms with Crippen LogP contribution in [0.5, 0.6) is 0 Å². The summed E-state index contributed by atoms with van der Waals surface area (Å²) in [7, 11) is 1.50. The molecule has 0 radical (unpaired) electrons. The zero-order valence-electron chi connectivity index (χ0n) is 13.7. The largest absolute Gasteiger partial charge is 0.480 e. The van der Waals surface area contributed by atoms with Gasteiger partial charge in [0.2, 0.25) is 11.8 Å². The second-order valence-corrected chi connectivity index (χ2v) is 5.46. The maximum absolute atomic E-state index is 12.2. The first-order valence-electron chi connectivity index (χ1n) is 7.63. The SMILES string of the molecule is CCCC[C@H](NC(=O)CN(C)C(=O)C(C)n1cccn1)C(=O)O. The molecule has 0 bridgehead atoms. The number of likely N-dealkylation sites (N-methyl/N-ethyl adjacent to an activating group) is 1. The highest BCUT2D eigenvalue weighted by Crippen LogP contribution is 2.07. The van der Waals surface area contributed by atoms with E-state index in [0.29, 0.717) is 12.8 Å². The van der Waals surface area contributed by atoms with Gasteiger partial charge < -0.3 is 15.3 Å². The summed E-state index contributed by atoms with van der Waals surface area (Å²) in [6, 6.07) is 0.259. The summed E-state index contributed by atoms with van der Waals surface area (Å²) in [4.78, 5) is 36.6. The van der Waals surface area contributed by atoms with Crippen molar-refractivity contribution in [3.05, 3.63) is 18.5 Å². The summed E-state index contributed by atoms with van der Waals surface area (Å²) in [6.45, 7) is 3.44. The van der Waals surface area contributed by atoms with Gasteiger partial charge in [-0.05, 0) is 19.4 Å². The maximum Gasteiger partial charge on any atom is 0.326 e. The van der Waals surface area contributed by atoms with Gasteiger partial charge in [-0.3, -0.25) is 14.3 Å². The predicted molar refractivity (Wildman–Crippen MR) is 83.7 cm³/mol. The number of aromatic nitrogens is 2. The van der Waals surface area contributed by atoms with Crippen LogP contribution in [0.3, 0.4) is 0 Å². The van der Waals surface area contributed by atoms with Crippen LogP contribution in [0, 0.1) is 0 Å². The van der Waals surface area contributed by atoms with Gasteiger partial charge in [0.25, 0.3) is 0 Å². The summed E-state index contributed by atoms with van der Waals surface area (Å²) in [5.74, 6) is -1.83.